The molecule has 2 aromatic carbocycles. The van der Waals surface area contributed by atoms with Crippen LogP contribution in [0.1, 0.15) is 22.3 Å². The Balaban J connectivity index is 2.17. The molecule has 0 saturated heterocycles. The molecule has 0 saturated carbocycles. The lowest BCUT2D eigenvalue weighted by molar-refractivity contribution is -0.141. The predicted octanol–water partition coefficient (Wildman–Crippen LogP) is 3.50. The summed E-state index contributed by atoms with van der Waals surface area (Å²) in [6.07, 6.45) is -4.23. The van der Waals surface area contributed by atoms with Crippen molar-refractivity contribution in [3.05, 3.63) is 70.8 Å². The van der Waals surface area contributed by atoms with E-state index in [-0.39, 0.29) is 12.0 Å². The maximum atomic E-state index is 13.0. The van der Waals surface area contributed by atoms with Crippen LogP contribution in [0.5, 0.6) is 0 Å². The third-order valence-corrected chi connectivity index (χ3v) is 3.57. The molecule has 1 unspecified atom stereocenters. The average molecular weight is 264 g/mol. The summed E-state index contributed by atoms with van der Waals surface area (Å²) in [6.45, 7) is 0. The normalized spacial score (nSPS) is 21.7. The molecule has 1 N–H and O–H groups in total. The van der Waals surface area contributed by atoms with Crippen LogP contribution in [0.3, 0.4) is 0 Å². The predicted molar refractivity (Wildman–Crippen MR) is 64.6 cm³/mol. The Labute approximate surface area is 108 Å². The molecule has 2 aromatic rings. The maximum absolute atomic E-state index is 13.0. The van der Waals surface area contributed by atoms with E-state index in [4.69, 9.17) is 0 Å². The van der Waals surface area contributed by atoms with Crippen molar-refractivity contribution in [2.75, 3.05) is 0 Å². The molecule has 0 radical (unpaired) electrons. The van der Waals surface area contributed by atoms with Crippen LogP contribution in [0.2, 0.25) is 0 Å². The first-order valence-electron chi connectivity index (χ1n) is 5.90. The number of rotatable bonds is 1. The summed E-state index contributed by atoms with van der Waals surface area (Å²) in [5.74, 6) is 0. The summed E-state index contributed by atoms with van der Waals surface area (Å²) in [5, 5.41) is 10.6. The zero-order valence-corrected chi connectivity index (χ0v) is 9.91. The first-order chi connectivity index (χ1) is 8.93. The van der Waals surface area contributed by atoms with Crippen molar-refractivity contribution < 1.29 is 18.3 Å². The minimum atomic E-state index is -4.45. The number of hydrogen-bond acceptors (Lipinski definition) is 1. The SMILES string of the molecule is OC1(c2ccccc2)Cc2cccc(C(F)(F)F)c21. The Morgan fingerprint density at radius 3 is 2.26 bits per heavy atom. The van der Waals surface area contributed by atoms with Gasteiger partial charge in [-0.2, -0.15) is 13.2 Å². The van der Waals surface area contributed by atoms with E-state index >= 15 is 0 Å². The lowest BCUT2D eigenvalue weighted by Crippen LogP contribution is -2.42. The highest BCUT2D eigenvalue weighted by atomic mass is 19.4. The molecule has 19 heavy (non-hydrogen) atoms. The monoisotopic (exact) mass is 264 g/mol. The van der Waals surface area contributed by atoms with Gasteiger partial charge in [0.1, 0.15) is 5.60 Å². The van der Waals surface area contributed by atoms with E-state index < -0.39 is 17.3 Å². The minimum absolute atomic E-state index is 0.00583. The Morgan fingerprint density at radius 1 is 0.947 bits per heavy atom. The standard InChI is InChI=1S/C15H11F3O/c16-15(17,18)12-8-4-5-10-9-14(19,13(10)12)11-6-2-1-3-7-11/h1-8,19H,9H2. The van der Waals surface area contributed by atoms with Crippen LogP contribution < -0.4 is 0 Å². The molecule has 0 amide bonds. The Morgan fingerprint density at radius 2 is 1.63 bits per heavy atom. The van der Waals surface area contributed by atoms with Crippen LogP contribution in [-0.2, 0) is 18.2 Å². The largest absolute Gasteiger partial charge is 0.416 e. The maximum Gasteiger partial charge on any atom is 0.416 e. The lowest BCUT2D eigenvalue weighted by Gasteiger charge is -2.42. The molecular formula is C15H11F3O. The molecule has 0 aromatic heterocycles. The molecule has 0 bridgehead atoms. The molecule has 0 spiro atoms. The van der Waals surface area contributed by atoms with Gasteiger partial charge >= 0.3 is 6.18 Å². The molecule has 1 aliphatic rings. The van der Waals surface area contributed by atoms with Crippen molar-refractivity contribution in [3.8, 4) is 0 Å². The quantitative estimate of drug-likeness (QED) is 0.835. The highest BCUT2D eigenvalue weighted by Crippen LogP contribution is 2.49. The van der Waals surface area contributed by atoms with Crippen LogP contribution in [0, 0.1) is 0 Å². The van der Waals surface area contributed by atoms with E-state index in [2.05, 4.69) is 0 Å². The van der Waals surface area contributed by atoms with Crippen molar-refractivity contribution in [1.29, 1.82) is 0 Å². The Bertz CT molecular complexity index is 619. The lowest BCUT2D eigenvalue weighted by atomic mass is 9.67. The van der Waals surface area contributed by atoms with E-state index in [1.165, 1.54) is 6.07 Å². The fourth-order valence-electron chi connectivity index (χ4n) is 2.69. The molecule has 98 valence electrons. The summed E-state index contributed by atoms with van der Waals surface area (Å²) in [7, 11) is 0. The van der Waals surface area contributed by atoms with Crippen molar-refractivity contribution >= 4 is 0 Å². The minimum Gasteiger partial charge on any atom is -0.380 e. The first-order valence-corrected chi connectivity index (χ1v) is 5.90. The summed E-state index contributed by atoms with van der Waals surface area (Å²) in [4.78, 5) is 0. The van der Waals surface area contributed by atoms with E-state index in [0.717, 1.165) is 6.07 Å². The number of halogens is 3. The molecule has 1 nitrogen and oxygen atoms in total. The van der Waals surface area contributed by atoms with E-state index in [0.29, 0.717) is 11.1 Å². The molecule has 1 aliphatic carbocycles. The molecular weight excluding hydrogens is 253 g/mol. The second-order valence-corrected chi connectivity index (χ2v) is 4.74. The average Bonchev–Trinajstić information content (AvgIpc) is 2.36. The Hall–Kier alpha value is -1.81. The van der Waals surface area contributed by atoms with E-state index in [1.807, 2.05) is 0 Å². The molecule has 1 atom stereocenters. The third kappa shape index (κ3) is 1.75. The van der Waals surface area contributed by atoms with Crippen LogP contribution >= 0.6 is 0 Å². The van der Waals surface area contributed by atoms with Crippen LogP contribution in [-0.4, -0.2) is 5.11 Å². The van der Waals surface area contributed by atoms with Crippen molar-refractivity contribution in [2.45, 2.75) is 18.2 Å². The molecule has 0 aliphatic heterocycles. The van der Waals surface area contributed by atoms with Crippen molar-refractivity contribution in [1.82, 2.24) is 0 Å². The van der Waals surface area contributed by atoms with Gasteiger partial charge in [-0.25, -0.2) is 0 Å². The van der Waals surface area contributed by atoms with E-state index in [9.17, 15) is 18.3 Å². The van der Waals surface area contributed by atoms with Gasteiger partial charge in [0.25, 0.3) is 0 Å². The van der Waals surface area contributed by atoms with Gasteiger partial charge in [-0.05, 0) is 17.2 Å². The van der Waals surface area contributed by atoms with Crippen molar-refractivity contribution in [2.24, 2.45) is 0 Å². The van der Waals surface area contributed by atoms with E-state index in [1.54, 1.807) is 36.4 Å². The van der Waals surface area contributed by atoms with Gasteiger partial charge in [0.15, 0.2) is 0 Å². The highest BCUT2D eigenvalue weighted by molar-refractivity contribution is 5.55. The zero-order valence-electron chi connectivity index (χ0n) is 9.91. The van der Waals surface area contributed by atoms with Gasteiger partial charge in [-0.3, -0.25) is 0 Å². The third-order valence-electron chi connectivity index (χ3n) is 3.57. The second-order valence-electron chi connectivity index (χ2n) is 4.74. The number of benzene rings is 2. The van der Waals surface area contributed by atoms with Gasteiger partial charge < -0.3 is 5.11 Å². The summed E-state index contributed by atoms with van der Waals surface area (Å²) < 4.78 is 39.0. The number of fused-ring (bicyclic) bond motifs is 1. The highest BCUT2D eigenvalue weighted by Gasteiger charge is 2.49. The topological polar surface area (TPSA) is 20.2 Å². The van der Waals surface area contributed by atoms with Gasteiger partial charge in [0.2, 0.25) is 0 Å². The van der Waals surface area contributed by atoms with Gasteiger partial charge in [0.05, 0.1) is 5.56 Å². The fourth-order valence-corrected chi connectivity index (χ4v) is 2.69. The van der Waals surface area contributed by atoms with Gasteiger partial charge in [-0.1, -0.05) is 42.5 Å². The number of alkyl halides is 3. The van der Waals surface area contributed by atoms with Crippen LogP contribution in [0.15, 0.2) is 48.5 Å². The van der Waals surface area contributed by atoms with Crippen LogP contribution in [0.4, 0.5) is 13.2 Å². The Kier molecular flexibility index (Phi) is 2.47. The summed E-state index contributed by atoms with van der Waals surface area (Å²) in [6, 6.07) is 12.5. The zero-order chi connectivity index (χ0) is 13.7. The molecule has 0 fully saturated rings. The molecule has 0 heterocycles. The van der Waals surface area contributed by atoms with Gasteiger partial charge in [-0.15, -0.1) is 0 Å². The molecule has 3 rings (SSSR count). The van der Waals surface area contributed by atoms with Gasteiger partial charge in [0, 0.05) is 12.0 Å². The molecule has 4 heteroatoms. The summed E-state index contributed by atoms with van der Waals surface area (Å²) in [5.41, 5.74) is -1.22. The second kappa shape index (κ2) is 3.84. The smallest absolute Gasteiger partial charge is 0.380 e. The number of aliphatic hydroxyl groups is 1. The summed E-state index contributed by atoms with van der Waals surface area (Å²) >= 11 is 0. The fraction of sp³-hybridized carbons (Fsp3) is 0.200. The number of hydrogen-bond donors (Lipinski definition) is 1. The van der Waals surface area contributed by atoms with Crippen LogP contribution in [0.25, 0.3) is 0 Å². The van der Waals surface area contributed by atoms with Crippen molar-refractivity contribution in [3.63, 3.8) is 0 Å². The first kappa shape index (κ1) is 12.2.